The van der Waals surface area contributed by atoms with Gasteiger partial charge in [0.15, 0.2) is 5.69 Å². The minimum Gasteiger partial charge on any atom is -0.349 e. The summed E-state index contributed by atoms with van der Waals surface area (Å²) in [6.45, 7) is 3.57. The molecule has 2 heterocycles. The molecule has 0 spiro atoms. The van der Waals surface area contributed by atoms with Crippen molar-refractivity contribution in [2.45, 2.75) is 12.8 Å². The van der Waals surface area contributed by atoms with Crippen molar-refractivity contribution in [2.75, 3.05) is 31.5 Å². The molecule has 148 valence electrons. The van der Waals surface area contributed by atoms with Gasteiger partial charge in [0.05, 0.1) is 5.69 Å². The Hall–Kier alpha value is -3.25. The number of amides is 2. The summed E-state index contributed by atoms with van der Waals surface area (Å²) in [5, 5.41) is 7.63. The average Bonchev–Trinajstić information content (AvgIpc) is 3.27. The van der Waals surface area contributed by atoms with Gasteiger partial charge >= 0.3 is 0 Å². The first-order valence-corrected chi connectivity index (χ1v) is 9.97. The summed E-state index contributed by atoms with van der Waals surface area (Å²) in [7, 11) is 0. The SMILES string of the molecule is O=C(NCCN1CCCC1)c1ncccc1NC(=O)c1cccc2ccccc12. The first kappa shape index (κ1) is 19.1. The van der Waals surface area contributed by atoms with E-state index in [9.17, 15) is 9.59 Å². The van der Waals surface area contributed by atoms with Crippen LogP contribution in [-0.4, -0.2) is 47.9 Å². The van der Waals surface area contributed by atoms with Crippen molar-refractivity contribution in [2.24, 2.45) is 0 Å². The number of rotatable bonds is 6. The molecule has 1 aromatic heterocycles. The molecule has 0 saturated carbocycles. The van der Waals surface area contributed by atoms with Gasteiger partial charge in [-0.05, 0) is 54.9 Å². The molecule has 0 unspecified atom stereocenters. The van der Waals surface area contributed by atoms with E-state index in [1.165, 1.54) is 12.8 Å². The highest BCUT2D eigenvalue weighted by Gasteiger charge is 2.17. The molecule has 6 nitrogen and oxygen atoms in total. The highest BCUT2D eigenvalue weighted by molar-refractivity contribution is 6.14. The largest absolute Gasteiger partial charge is 0.349 e. The Morgan fingerprint density at radius 3 is 2.59 bits per heavy atom. The van der Waals surface area contributed by atoms with Gasteiger partial charge in [0.1, 0.15) is 0 Å². The van der Waals surface area contributed by atoms with Gasteiger partial charge in [-0.1, -0.05) is 36.4 Å². The maximum absolute atomic E-state index is 12.9. The Kier molecular flexibility index (Phi) is 5.81. The molecular weight excluding hydrogens is 364 g/mol. The van der Waals surface area contributed by atoms with Crippen LogP contribution in [0.5, 0.6) is 0 Å². The van der Waals surface area contributed by atoms with Crippen LogP contribution in [0.1, 0.15) is 33.7 Å². The van der Waals surface area contributed by atoms with Crippen molar-refractivity contribution >= 4 is 28.3 Å². The van der Waals surface area contributed by atoms with Gasteiger partial charge in [0.2, 0.25) is 0 Å². The number of carbonyl (C=O) groups is 2. The van der Waals surface area contributed by atoms with Gasteiger partial charge in [-0.2, -0.15) is 0 Å². The summed E-state index contributed by atoms with van der Waals surface area (Å²) in [6.07, 6.45) is 4.00. The van der Waals surface area contributed by atoms with Crippen molar-refractivity contribution in [3.8, 4) is 0 Å². The van der Waals surface area contributed by atoms with Gasteiger partial charge in [0, 0.05) is 24.8 Å². The zero-order chi connectivity index (χ0) is 20.1. The number of hydrogen-bond acceptors (Lipinski definition) is 4. The van der Waals surface area contributed by atoms with Crippen LogP contribution in [0.25, 0.3) is 10.8 Å². The molecule has 1 aliphatic heterocycles. The third-order valence-corrected chi connectivity index (χ3v) is 5.22. The summed E-state index contributed by atoms with van der Waals surface area (Å²) in [6, 6.07) is 16.7. The van der Waals surface area contributed by atoms with E-state index >= 15 is 0 Å². The zero-order valence-corrected chi connectivity index (χ0v) is 16.2. The van der Waals surface area contributed by atoms with Crippen LogP contribution >= 0.6 is 0 Å². The molecule has 0 atom stereocenters. The standard InChI is InChI=1S/C23H24N4O2/c28-22(19-10-5-8-17-7-1-2-9-18(17)19)26-20-11-6-12-24-21(20)23(29)25-13-16-27-14-3-4-15-27/h1-2,5-12H,3-4,13-16H2,(H,25,29)(H,26,28). The highest BCUT2D eigenvalue weighted by atomic mass is 16.2. The van der Waals surface area contributed by atoms with Crippen LogP contribution in [0.2, 0.25) is 0 Å². The number of likely N-dealkylation sites (tertiary alicyclic amines) is 1. The monoisotopic (exact) mass is 388 g/mol. The minimum absolute atomic E-state index is 0.225. The fraction of sp³-hybridized carbons (Fsp3) is 0.261. The molecule has 29 heavy (non-hydrogen) atoms. The minimum atomic E-state index is -0.280. The maximum Gasteiger partial charge on any atom is 0.272 e. The van der Waals surface area contributed by atoms with Crippen LogP contribution in [0.4, 0.5) is 5.69 Å². The Morgan fingerprint density at radius 1 is 0.931 bits per heavy atom. The van der Waals surface area contributed by atoms with Gasteiger partial charge in [-0.25, -0.2) is 4.98 Å². The number of fused-ring (bicyclic) bond motifs is 1. The molecule has 0 aliphatic carbocycles. The molecule has 1 saturated heterocycles. The lowest BCUT2D eigenvalue weighted by molar-refractivity contribution is 0.0945. The van der Waals surface area contributed by atoms with E-state index < -0.39 is 0 Å². The molecule has 2 aromatic carbocycles. The third-order valence-electron chi connectivity index (χ3n) is 5.22. The number of nitrogens with one attached hydrogen (secondary N) is 2. The Bertz CT molecular complexity index is 1020. The third kappa shape index (κ3) is 4.43. The zero-order valence-electron chi connectivity index (χ0n) is 16.2. The summed E-state index contributed by atoms with van der Waals surface area (Å²) in [4.78, 5) is 32.1. The van der Waals surface area contributed by atoms with E-state index in [1.54, 1.807) is 24.4 Å². The molecule has 0 radical (unpaired) electrons. The predicted octanol–water partition coefficient (Wildman–Crippen LogP) is 3.31. The highest BCUT2D eigenvalue weighted by Crippen LogP contribution is 2.21. The van der Waals surface area contributed by atoms with Crippen molar-refractivity contribution in [1.29, 1.82) is 0 Å². The summed E-state index contributed by atoms with van der Waals surface area (Å²) >= 11 is 0. The van der Waals surface area contributed by atoms with Crippen molar-refractivity contribution < 1.29 is 9.59 Å². The van der Waals surface area contributed by atoms with Gasteiger partial charge in [-0.3, -0.25) is 9.59 Å². The number of nitrogens with zero attached hydrogens (tertiary/aromatic N) is 2. The second-order valence-electron chi connectivity index (χ2n) is 7.19. The van der Waals surface area contributed by atoms with E-state index in [0.717, 1.165) is 30.4 Å². The summed E-state index contributed by atoms with van der Waals surface area (Å²) in [5.74, 6) is -0.543. The molecule has 6 heteroatoms. The van der Waals surface area contributed by atoms with E-state index in [1.807, 2.05) is 36.4 Å². The number of benzene rings is 2. The van der Waals surface area contributed by atoms with Gasteiger partial charge in [0.25, 0.3) is 11.8 Å². The molecule has 3 aromatic rings. The van der Waals surface area contributed by atoms with Gasteiger partial charge < -0.3 is 15.5 Å². The van der Waals surface area contributed by atoms with Gasteiger partial charge in [-0.15, -0.1) is 0 Å². The molecule has 1 aliphatic rings. The van der Waals surface area contributed by atoms with Crippen LogP contribution in [0, 0.1) is 0 Å². The van der Waals surface area contributed by atoms with Crippen LogP contribution in [0.15, 0.2) is 60.8 Å². The van der Waals surface area contributed by atoms with Crippen LogP contribution in [0.3, 0.4) is 0 Å². The molecule has 2 amide bonds. The molecule has 2 N–H and O–H groups in total. The fourth-order valence-electron chi connectivity index (χ4n) is 3.72. The first-order chi connectivity index (χ1) is 14.2. The lowest BCUT2D eigenvalue weighted by Gasteiger charge is -2.15. The second kappa shape index (κ2) is 8.84. The first-order valence-electron chi connectivity index (χ1n) is 9.97. The van der Waals surface area contributed by atoms with E-state index in [-0.39, 0.29) is 17.5 Å². The molecule has 4 rings (SSSR count). The molecule has 1 fully saturated rings. The predicted molar refractivity (Wildman–Crippen MR) is 114 cm³/mol. The molecular formula is C23H24N4O2. The topological polar surface area (TPSA) is 74.3 Å². The number of anilines is 1. The smallest absolute Gasteiger partial charge is 0.272 e. The second-order valence-corrected chi connectivity index (χ2v) is 7.19. The van der Waals surface area contributed by atoms with E-state index in [4.69, 9.17) is 0 Å². The normalized spacial score (nSPS) is 14.1. The van der Waals surface area contributed by atoms with Crippen molar-refractivity contribution in [3.05, 3.63) is 72.1 Å². The number of aromatic nitrogens is 1. The van der Waals surface area contributed by atoms with Crippen LogP contribution in [-0.2, 0) is 0 Å². The maximum atomic E-state index is 12.9. The van der Waals surface area contributed by atoms with Crippen molar-refractivity contribution in [3.63, 3.8) is 0 Å². The number of hydrogen-bond donors (Lipinski definition) is 2. The summed E-state index contributed by atoms with van der Waals surface area (Å²) < 4.78 is 0. The van der Waals surface area contributed by atoms with E-state index in [2.05, 4.69) is 20.5 Å². The van der Waals surface area contributed by atoms with E-state index in [0.29, 0.717) is 17.8 Å². The van der Waals surface area contributed by atoms with Crippen molar-refractivity contribution in [1.82, 2.24) is 15.2 Å². The fourth-order valence-corrected chi connectivity index (χ4v) is 3.72. The quantitative estimate of drug-likeness (QED) is 0.679. The Morgan fingerprint density at radius 2 is 1.72 bits per heavy atom. The number of pyridine rings is 1. The lowest BCUT2D eigenvalue weighted by atomic mass is 10.0. The summed E-state index contributed by atoms with van der Waals surface area (Å²) in [5.41, 5.74) is 1.19. The number of carbonyl (C=O) groups excluding carboxylic acids is 2. The lowest BCUT2D eigenvalue weighted by Crippen LogP contribution is -2.34. The average molecular weight is 388 g/mol. The van der Waals surface area contributed by atoms with Crippen LogP contribution < -0.4 is 10.6 Å². The molecule has 0 bridgehead atoms. The Labute approximate surface area is 169 Å². The Balaban J connectivity index is 1.47.